The summed E-state index contributed by atoms with van der Waals surface area (Å²) >= 11 is 3.49. The Kier molecular flexibility index (Phi) is 4.19. The maximum absolute atomic E-state index is 12.2. The van der Waals surface area contributed by atoms with Gasteiger partial charge < -0.3 is 10.3 Å². The minimum atomic E-state index is 0.0893. The third kappa shape index (κ3) is 2.49. The van der Waals surface area contributed by atoms with Crippen LogP contribution < -0.4 is 11.3 Å². The average Bonchev–Trinajstić information content (AvgIpc) is 2.35. The molecule has 0 bridgehead atoms. The van der Waals surface area contributed by atoms with E-state index in [2.05, 4.69) is 15.9 Å². The van der Waals surface area contributed by atoms with Gasteiger partial charge in [0, 0.05) is 17.1 Å². The van der Waals surface area contributed by atoms with E-state index in [1.54, 1.807) is 4.57 Å². The molecule has 0 spiro atoms. The number of unbranched alkanes of at least 4 members (excludes halogenated alkanes) is 1. The van der Waals surface area contributed by atoms with Crippen LogP contribution in [-0.2, 0) is 13.5 Å². The van der Waals surface area contributed by atoms with Crippen LogP contribution in [0.4, 0.5) is 0 Å². The van der Waals surface area contributed by atoms with Gasteiger partial charge in [-0.1, -0.05) is 12.1 Å². The second kappa shape index (κ2) is 5.67. The number of pyridine rings is 1. The number of aromatic nitrogens is 1. The number of rotatable bonds is 4. The second-order valence-electron chi connectivity index (χ2n) is 4.46. The van der Waals surface area contributed by atoms with Crippen LogP contribution in [0.25, 0.3) is 10.9 Å². The van der Waals surface area contributed by atoms with E-state index in [0.717, 1.165) is 40.2 Å². The monoisotopic (exact) mass is 308 g/mol. The highest BCUT2D eigenvalue weighted by atomic mass is 79.9. The molecule has 1 heterocycles. The Morgan fingerprint density at radius 3 is 2.83 bits per heavy atom. The van der Waals surface area contributed by atoms with Gasteiger partial charge in [-0.3, -0.25) is 4.79 Å². The number of hydrogen-bond acceptors (Lipinski definition) is 2. The molecular formula is C14H17BrN2O. The van der Waals surface area contributed by atoms with Crippen molar-refractivity contribution in [1.29, 1.82) is 0 Å². The molecule has 0 unspecified atom stereocenters. The lowest BCUT2D eigenvalue weighted by atomic mass is 10.1. The summed E-state index contributed by atoms with van der Waals surface area (Å²) in [6.07, 6.45) is 2.72. The molecule has 96 valence electrons. The van der Waals surface area contributed by atoms with E-state index in [0.29, 0.717) is 6.54 Å². The van der Waals surface area contributed by atoms with Crippen molar-refractivity contribution < 1.29 is 0 Å². The van der Waals surface area contributed by atoms with Crippen molar-refractivity contribution in [2.24, 2.45) is 12.8 Å². The van der Waals surface area contributed by atoms with E-state index < -0.39 is 0 Å². The minimum absolute atomic E-state index is 0.0893. The van der Waals surface area contributed by atoms with Gasteiger partial charge in [0.1, 0.15) is 0 Å². The SMILES string of the molecule is Cn1c(=O)c(CCCCN)cc2cccc(Br)c21. The van der Waals surface area contributed by atoms with Crippen LogP contribution in [0.2, 0.25) is 0 Å². The van der Waals surface area contributed by atoms with Gasteiger partial charge in [-0.25, -0.2) is 0 Å². The Bertz CT molecular complexity index is 619. The molecule has 0 radical (unpaired) electrons. The number of aryl methyl sites for hydroxylation is 2. The van der Waals surface area contributed by atoms with Gasteiger partial charge in [-0.2, -0.15) is 0 Å². The molecule has 0 saturated heterocycles. The summed E-state index contributed by atoms with van der Waals surface area (Å²) in [5, 5.41) is 1.09. The Morgan fingerprint density at radius 2 is 2.11 bits per heavy atom. The number of nitrogens with two attached hydrogens (primary N) is 1. The predicted octanol–water partition coefficient (Wildman–Crippen LogP) is 2.58. The summed E-state index contributed by atoms with van der Waals surface area (Å²) in [6, 6.07) is 7.97. The van der Waals surface area contributed by atoms with Crippen LogP contribution in [0, 0.1) is 0 Å². The first-order valence-corrected chi connectivity index (χ1v) is 6.91. The number of fused-ring (bicyclic) bond motifs is 1. The molecule has 0 aliphatic heterocycles. The zero-order valence-corrected chi connectivity index (χ0v) is 12.0. The standard InChI is InChI=1S/C14H17BrN2O/c1-17-13-10(6-4-7-12(13)15)9-11(14(17)18)5-2-3-8-16/h4,6-7,9H,2-3,5,8,16H2,1H3. The molecule has 2 rings (SSSR count). The van der Waals surface area contributed by atoms with Crippen molar-refractivity contribution in [3.05, 3.63) is 44.7 Å². The lowest BCUT2D eigenvalue weighted by Gasteiger charge is -2.10. The predicted molar refractivity (Wildman–Crippen MR) is 78.9 cm³/mol. The lowest BCUT2D eigenvalue weighted by Crippen LogP contribution is -2.21. The highest BCUT2D eigenvalue weighted by Gasteiger charge is 2.08. The van der Waals surface area contributed by atoms with Crippen molar-refractivity contribution >= 4 is 26.8 Å². The zero-order chi connectivity index (χ0) is 13.1. The van der Waals surface area contributed by atoms with Gasteiger partial charge >= 0.3 is 0 Å². The zero-order valence-electron chi connectivity index (χ0n) is 10.4. The van der Waals surface area contributed by atoms with Gasteiger partial charge in [0.05, 0.1) is 5.52 Å². The molecule has 2 aromatic rings. The Labute approximate surface area is 115 Å². The summed E-state index contributed by atoms with van der Waals surface area (Å²) in [5.41, 5.74) is 7.39. The molecule has 0 fully saturated rings. The largest absolute Gasteiger partial charge is 0.330 e. The first kappa shape index (κ1) is 13.3. The van der Waals surface area contributed by atoms with E-state index in [-0.39, 0.29) is 5.56 Å². The third-order valence-electron chi connectivity index (χ3n) is 3.16. The van der Waals surface area contributed by atoms with E-state index in [4.69, 9.17) is 5.73 Å². The van der Waals surface area contributed by atoms with Gasteiger partial charge in [0.15, 0.2) is 0 Å². The van der Waals surface area contributed by atoms with E-state index >= 15 is 0 Å². The van der Waals surface area contributed by atoms with Crippen molar-refractivity contribution in [1.82, 2.24) is 4.57 Å². The molecule has 1 aromatic heterocycles. The Morgan fingerprint density at radius 1 is 1.33 bits per heavy atom. The molecule has 0 amide bonds. The van der Waals surface area contributed by atoms with Crippen molar-refractivity contribution in [2.45, 2.75) is 19.3 Å². The quantitative estimate of drug-likeness (QED) is 0.883. The molecule has 3 nitrogen and oxygen atoms in total. The Hall–Kier alpha value is -1.13. The van der Waals surface area contributed by atoms with E-state index in [1.807, 2.05) is 31.3 Å². The van der Waals surface area contributed by atoms with E-state index in [9.17, 15) is 4.79 Å². The summed E-state index contributed by atoms with van der Waals surface area (Å²) in [5.74, 6) is 0. The molecule has 0 aliphatic rings. The van der Waals surface area contributed by atoms with Gasteiger partial charge in [-0.15, -0.1) is 0 Å². The smallest absolute Gasteiger partial charge is 0.254 e. The molecule has 1 aromatic carbocycles. The molecule has 0 atom stereocenters. The number of hydrogen-bond donors (Lipinski definition) is 1. The normalized spacial score (nSPS) is 11.1. The number of benzene rings is 1. The molecule has 4 heteroatoms. The van der Waals surface area contributed by atoms with Crippen LogP contribution >= 0.6 is 15.9 Å². The summed E-state index contributed by atoms with van der Waals surface area (Å²) in [6.45, 7) is 0.680. The minimum Gasteiger partial charge on any atom is -0.330 e. The molecular weight excluding hydrogens is 292 g/mol. The van der Waals surface area contributed by atoms with Gasteiger partial charge in [0.25, 0.3) is 5.56 Å². The van der Waals surface area contributed by atoms with Crippen LogP contribution in [0.15, 0.2) is 33.5 Å². The van der Waals surface area contributed by atoms with Crippen molar-refractivity contribution in [3.63, 3.8) is 0 Å². The lowest BCUT2D eigenvalue weighted by molar-refractivity contribution is 0.732. The third-order valence-corrected chi connectivity index (χ3v) is 3.80. The van der Waals surface area contributed by atoms with Crippen LogP contribution in [0.1, 0.15) is 18.4 Å². The van der Waals surface area contributed by atoms with Gasteiger partial charge in [0.2, 0.25) is 0 Å². The summed E-state index contributed by atoms with van der Waals surface area (Å²) in [4.78, 5) is 12.2. The molecule has 2 N–H and O–H groups in total. The molecule has 0 aliphatic carbocycles. The molecule has 18 heavy (non-hydrogen) atoms. The van der Waals surface area contributed by atoms with Crippen LogP contribution in [0.3, 0.4) is 0 Å². The highest BCUT2D eigenvalue weighted by molar-refractivity contribution is 9.10. The number of nitrogens with zero attached hydrogens (tertiary/aromatic N) is 1. The molecule has 0 saturated carbocycles. The van der Waals surface area contributed by atoms with Crippen molar-refractivity contribution in [3.8, 4) is 0 Å². The fourth-order valence-electron chi connectivity index (χ4n) is 2.21. The topological polar surface area (TPSA) is 48.0 Å². The first-order valence-electron chi connectivity index (χ1n) is 6.12. The van der Waals surface area contributed by atoms with Crippen LogP contribution in [0.5, 0.6) is 0 Å². The maximum Gasteiger partial charge on any atom is 0.254 e. The average molecular weight is 309 g/mol. The second-order valence-corrected chi connectivity index (χ2v) is 5.31. The van der Waals surface area contributed by atoms with Crippen molar-refractivity contribution in [2.75, 3.05) is 6.54 Å². The number of para-hydroxylation sites is 1. The fourth-order valence-corrected chi connectivity index (χ4v) is 2.86. The van der Waals surface area contributed by atoms with E-state index in [1.165, 1.54) is 0 Å². The summed E-state index contributed by atoms with van der Waals surface area (Å²) < 4.78 is 2.67. The maximum atomic E-state index is 12.2. The fraction of sp³-hybridized carbons (Fsp3) is 0.357. The summed E-state index contributed by atoms with van der Waals surface area (Å²) in [7, 11) is 1.82. The first-order chi connectivity index (χ1) is 8.65. The Balaban J connectivity index is 2.51. The number of halogens is 1. The van der Waals surface area contributed by atoms with Gasteiger partial charge in [-0.05, 0) is 59.3 Å². The van der Waals surface area contributed by atoms with Crippen LogP contribution in [-0.4, -0.2) is 11.1 Å². The highest BCUT2D eigenvalue weighted by Crippen LogP contribution is 2.22.